The smallest absolute Gasteiger partial charge is 0.323 e. The number of hydrogen-bond acceptors (Lipinski definition) is 10. The van der Waals surface area contributed by atoms with E-state index in [2.05, 4.69) is 31.2 Å². The number of rotatable bonds is 7. The third-order valence-corrected chi connectivity index (χ3v) is 6.41. The van der Waals surface area contributed by atoms with Crippen molar-refractivity contribution in [3.63, 3.8) is 0 Å². The first-order chi connectivity index (χ1) is 14.9. The molecule has 0 aliphatic carbocycles. The number of hydrogen-bond donors (Lipinski definition) is 6. The second-order valence-electron chi connectivity index (χ2n) is 8.58. The zero-order valence-electron chi connectivity index (χ0n) is 17.7. The number of anilines is 3. The molecule has 7 N–H and O–H groups in total. The minimum absolute atomic E-state index is 0.0295. The second-order valence-corrected chi connectivity index (χ2v) is 8.58. The Kier molecular flexibility index (Phi) is 6.42. The van der Waals surface area contributed by atoms with Gasteiger partial charge >= 0.3 is 5.97 Å². The zero-order valence-corrected chi connectivity index (χ0v) is 17.7. The van der Waals surface area contributed by atoms with E-state index in [1.165, 1.54) is 0 Å². The third kappa shape index (κ3) is 4.82. The van der Waals surface area contributed by atoms with Gasteiger partial charge in [-0.3, -0.25) is 19.4 Å². The monoisotopic (exact) mass is 433 g/mol. The molecule has 31 heavy (non-hydrogen) atoms. The van der Waals surface area contributed by atoms with Crippen LogP contribution in [0.1, 0.15) is 39.0 Å². The third-order valence-electron chi connectivity index (χ3n) is 6.41. The maximum absolute atomic E-state index is 12.9. The van der Waals surface area contributed by atoms with Gasteiger partial charge in [-0.15, -0.1) is 0 Å². The first-order valence-electron chi connectivity index (χ1n) is 11.0. The van der Waals surface area contributed by atoms with Gasteiger partial charge in [0, 0.05) is 18.9 Å². The molecule has 1 aromatic rings. The molecule has 4 rings (SSSR count). The highest BCUT2D eigenvalue weighted by atomic mass is 16.5. The van der Waals surface area contributed by atoms with Gasteiger partial charge in [-0.1, -0.05) is 0 Å². The van der Waals surface area contributed by atoms with E-state index in [0.29, 0.717) is 12.4 Å². The van der Waals surface area contributed by atoms with E-state index >= 15 is 0 Å². The van der Waals surface area contributed by atoms with Crippen LogP contribution >= 0.6 is 0 Å². The van der Waals surface area contributed by atoms with Crippen LogP contribution < -0.4 is 32.6 Å². The molecule has 0 radical (unpaired) electrons. The summed E-state index contributed by atoms with van der Waals surface area (Å²) < 4.78 is 5.79. The van der Waals surface area contributed by atoms with E-state index in [1.54, 1.807) is 0 Å². The van der Waals surface area contributed by atoms with Crippen molar-refractivity contribution in [2.24, 2.45) is 5.92 Å². The van der Waals surface area contributed by atoms with Gasteiger partial charge in [0.1, 0.15) is 23.6 Å². The van der Waals surface area contributed by atoms with Gasteiger partial charge in [0.2, 0.25) is 5.95 Å². The van der Waals surface area contributed by atoms with Crippen molar-refractivity contribution in [1.29, 1.82) is 0 Å². The predicted molar refractivity (Wildman–Crippen MR) is 116 cm³/mol. The Labute approximate surface area is 180 Å². The summed E-state index contributed by atoms with van der Waals surface area (Å²) in [6, 6.07) is -0.775. The summed E-state index contributed by atoms with van der Waals surface area (Å²) in [5.41, 5.74) is 5.51. The van der Waals surface area contributed by atoms with E-state index in [9.17, 15) is 14.4 Å². The van der Waals surface area contributed by atoms with Crippen molar-refractivity contribution in [2.75, 3.05) is 36.0 Å². The number of ether oxygens (including phenoxy) is 1. The van der Waals surface area contributed by atoms with Crippen molar-refractivity contribution >= 4 is 29.2 Å². The Hall–Kier alpha value is -2.66. The zero-order chi connectivity index (χ0) is 22.0. The Bertz CT molecular complexity index is 877. The fourth-order valence-corrected chi connectivity index (χ4v) is 4.66. The molecule has 4 heterocycles. The first-order valence-corrected chi connectivity index (χ1v) is 11.0. The SMILES string of the molecule is C[C@H](OC(=O)[C@@H]1CCCN1)[C@H](CC(=O)[C@@H]1CCCN1)[C@H]1CNc2nc(N)[nH]c(=O)c2N1. The first kappa shape index (κ1) is 21.6. The van der Waals surface area contributed by atoms with Crippen LogP contribution in [0, 0.1) is 5.92 Å². The fourth-order valence-electron chi connectivity index (χ4n) is 4.66. The number of nitrogens with two attached hydrogens (primary N) is 1. The number of aromatic nitrogens is 2. The molecule has 0 bridgehead atoms. The van der Waals surface area contributed by atoms with Gasteiger partial charge in [0.15, 0.2) is 5.82 Å². The van der Waals surface area contributed by atoms with Crippen molar-refractivity contribution in [3.05, 3.63) is 10.4 Å². The normalized spacial score (nSPS) is 26.9. The minimum atomic E-state index is -0.512. The van der Waals surface area contributed by atoms with Gasteiger partial charge in [0.05, 0.1) is 12.1 Å². The predicted octanol–water partition coefficient (Wildman–Crippen LogP) is -0.431. The Morgan fingerprint density at radius 2 is 1.90 bits per heavy atom. The molecule has 11 nitrogen and oxygen atoms in total. The Morgan fingerprint density at radius 1 is 1.19 bits per heavy atom. The highest BCUT2D eigenvalue weighted by Crippen LogP contribution is 2.28. The highest BCUT2D eigenvalue weighted by Gasteiger charge is 2.37. The molecule has 2 fully saturated rings. The van der Waals surface area contributed by atoms with Gasteiger partial charge in [-0.2, -0.15) is 4.98 Å². The van der Waals surface area contributed by atoms with E-state index in [0.717, 1.165) is 38.8 Å². The largest absolute Gasteiger partial charge is 0.461 e. The summed E-state index contributed by atoms with van der Waals surface area (Å²) in [6.07, 6.45) is 3.19. The number of esters is 1. The lowest BCUT2D eigenvalue weighted by atomic mass is 9.86. The van der Waals surface area contributed by atoms with Crippen LogP contribution in [0.25, 0.3) is 0 Å². The summed E-state index contributed by atoms with van der Waals surface area (Å²) >= 11 is 0. The van der Waals surface area contributed by atoms with Crippen molar-refractivity contribution in [1.82, 2.24) is 20.6 Å². The van der Waals surface area contributed by atoms with E-state index in [4.69, 9.17) is 10.5 Å². The Balaban J connectivity index is 1.51. The number of H-pyrrole nitrogens is 1. The van der Waals surface area contributed by atoms with Crippen molar-refractivity contribution in [3.8, 4) is 0 Å². The van der Waals surface area contributed by atoms with Crippen LogP contribution in [0.3, 0.4) is 0 Å². The van der Waals surface area contributed by atoms with Crippen LogP contribution in [0.2, 0.25) is 0 Å². The van der Waals surface area contributed by atoms with Crippen molar-refractivity contribution in [2.45, 2.75) is 63.3 Å². The molecule has 1 aromatic heterocycles. The van der Waals surface area contributed by atoms with Crippen LogP contribution in [-0.2, 0) is 14.3 Å². The number of fused-ring (bicyclic) bond motifs is 1. The molecule has 5 atom stereocenters. The quantitative estimate of drug-likeness (QED) is 0.311. The maximum Gasteiger partial charge on any atom is 0.323 e. The number of carbonyl (C=O) groups is 2. The summed E-state index contributed by atoms with van der Waals surface area (Å²) in [4.78, 5) is 44.5. The maximum atomic E-state index is 12.9. The molecule has 2 saturated heterocycles. The molecule has 3 aliphatic heterocycles. The molecule has 0 aromatic carbocycles. The van der Waals surface area contributed by atoms with E-state index in [-0.39, 0.29) is 59.4 Å². The molecule has 0 amide bonds. The molecule has 0 unspecified atom stereocenters. The van der Waals surface area contributed by atoms with Crippen LogP contribution in [0.15, 0.2) is 4.79 Å². The Morgan fingerprint density at radius 3 is 2.58 bits per heavy atom. The molecule has 0 spiro atoms. The number of ketones is 1. The standard InChI is InChI=1S/C20H31N7O4/c1-10(31-19(30)13-5-3-7-23-13)11(8-15(28)12-4-2-6-22-12)14-9-24-17-16(25-14)18(29)27-20(21)26-17/h10-14,22-23,25H,2-9H2,1H3,(H4,21,24,26,27,29)/t10-,11-,12-,13-,14+/m0/s1. The number of Topliss-reactive ketones (excluding diaryl/α,β-unsaturated/α-hetero) is 1. The van der Waals surface area contributed by atoms with Gasteiger partial charge in [-0.25, -0.2) is 0 Å². The lowest BCUT2D eigenvalue weighted by Crippen LogP contribution is -2.49. The number of carbonyl (C=O) groups excluding carboxylic acids is 2. The van der Waals surface area contributed by atoms with Gasteiger partial charge < -0.3 is 31.7 Å². The molecule has 0 saturated carbocycles. The summed E-state index contributed by atoms with van der Waals surface area (Å²) in [7, 11) is 0. The molecular weight excluding hydrogens is 402 g/mol. The van der Waals surface area contributed by atoms with E-state index in [1.807, 2.05) is 6.92 Å². The average molecular weight is 434 g/mol. The van der Waals surface area contributed by atoms with Crippen LogP contribution in [-0.4, -0.2) is 65.6 Å². The van der Waals surface area contributed by atoms with Crippen molar-refractivity contribution < 1.29 is 14.3 Å². The molecular formula is C20H31N7O4. The topological polar surface area (TPSA) is 163 Å². The summed E-state index contributed by atoms with van der Waals surface area (Å²) in [5.74, 6) is -0.112. The summed E-state index contributed by atoms with van der Waals surface area (Å²) in [6.45, 7) is 3.86. The minimum Gasteiger partial charge on any atom is -0.461 e. The lowest BCUT2D eigenvalue weighted by molar-refractivity contribution is -0.154. The fraction of sp³-hybridized carbons (Fsp3) is 0.700. The number of aromatic amines is 1. The van der Waals surface area contributed by atoms with Crippen LogP contribution in [0.4, 0.5) is 17.5 Å². The lowest BCUT2D eigenvalue weighted by Gasteiger charge is -2.36. The highest BCUT2D eigenvalue weighted by molar-refractivity contribution is 5.85. The molecule has 11 heteroatoms. The summed E-state index contributed by atoms with van der Waals surface area (Å²) in [5, 5.41) is 12.7. The van der Waals surface area contributed by atoms with E-state index < -0.39 is 6.10 Å². The average Bonchev–Trinajstić information content (AvgIpc) is 3.45. The second kappa shape index (κ2) is 9.23. The number of nitrogens with zero attached hydrogens (tertiary/aromatic N) is 1. The van der Waals surface area contributed by atoms with Gasteiger partial charge in [0.25, 0.3) is 5.56 Å². The number of nitrogen functional groups attached to an aromatic ring is 1. The molecule has 170 valence electrons. The number of nitrogens with one attached hydrogen (secondary N) is 5. The van der Waals surface area contributed by atoms with Gasteiger partial charge in [-0.05, 0) is 45.7 Å². The molecule has 3 aliphatic rings. The van der Waals surface area contributed by atoms with Crippen LogP contribution in [0.5, 0.6) is 0 Å².